The van der Waals surface area contributed by atoms with Crippen LogP contribution in [0.1, 0.15) is 24.3 Å². The van der Waals surface area contributed by atoms with Gasteiger partial charge in [0, 0.05) is 19.0 Å². The molecule has 1 fully saturated rings. The van der Waals surface area contributed by atoms with E-state index < -0.39 is 0 Å². The maximum atomic E-state index is 11.4. The maximum absolute atomic E-state index is 11.4. The van der Waals surface area contributed by atoms with Crippen LogP contribution in [0.5, 0.6) is 0 Å². The van der Waals surface area contributed by atoms with E-state index in [0.29, 0.717) is 6.54 Å². The van der Waals surface area contributed by atoms with Crippen molar-refractivity contribution in [3.8, 4) is 0 Å². The molecule has 0 aromatic heterocycles. The van der Waals surface area contributed by atoms with Gasteiger partial charge in [-0.1, -0.05) is 30.3 Å². The standard InChI is InChI=1S/C14H21N3O/c15-9-12(11-5-2-1-3-6-11)10-17-8-4-7-13(17)14(16)18/h1-3,5-6,12-13H,4,7-10,15H2,(H2,16,18). The number of nitrogens with two attached hydrogens (primary N) is 2. The molecular weight excluding hydrogens is 226 g/mol. The molecule has 1 aliphatic rings. The second kappa shape index (κ2) is 5.98. The van der Waals surface area contributed by atoms with Crippen LogP contribution in [-0.4, -0.2) is 36.5 Å². The first-order valence-corrected chi connectivity index (χ1v) is 6.50. The molecule has 1 saturated heterocycles. The van der Waals surface area contributed by atoms with Crippen molar-refractivity contribution in [2.75, 3.05) is 19.6 Å². The summed E-state index contributed by atoms with van der Waals surface area (Å²) in [5.74, 6) is 0.0579. The number of carbonyl (C=O) groups excluding carboxylic acids is 1. The van der Waals surface area contributed by atoms with Crippen LogP contribution < -0.4 is 11.5 Å². The van der Waals surface area contributed by atoms with E-state index in [1.807, 2.05) is 18.2 Å². The van der Waals surface area contributed by atoms with Crippen molar-refractivity contribution in [3.63, 3.8) is 0 Å². The number of primary amides is 1. The van der Waals surface area contributed by atoms with Crippen molar-refractivity contribution in [2.45, 2.75) is 24.8 Å². The Morgan fingerprint density at radius 2 is 2.11 bits per heavy atom. The maximum Gasteiger partial charge on any atom is 0.234 e. The molecule has 2 rings (SSSR count). The summed E-state index contributed by atoms with van der Waals surface area (Å²) in [6.45, 7) is 2.34. The summed E-state index contributed by atoms with van der Waals surface area (Å²) in [5, 5.41) is 0. The quantitative estimate of drug-likeness (QED) is 0.803. The Morgan fingerprint density at radius 3 is 2.72 bits per heavy atom. The van der Waals surface area contributed by atoms with E-state index in [1.165, 1.54) is 5.56 Å². The average Bonchev–Trinajstić information content (AvgIpc) is 2.85. The van der Waals surface area contributed by atoms with Crippen LogP contribution in [0, 0.1) is 0 Å². The zero-order valence-electron chi connectivity index (χ0n) is 10.6. The van der Waals surface area contributed by atoms with Crippen LogP contribution in [0.15, 0.2) is 30.3 Å². The lowest BCUT2D eigenvalue weighted by Crippen LogP contribution is -2.43. The number of nitrogens with zero attached hydrogens (tertiary/aromatic N) is 1. The van der Waals surface area contributed by atoms with Crippen molar-refractivity contribution >= 4 is 5.91 Å². The minimum atomic E-state index is -0.212. The molecule has 18 heavy (non-hydrogen) atoms. The zero-order chi connectivity index (χ0) is 13.0. The molecule has 98 valence electrons. The van der Waals surface area contributed by atoms with Gasteiger partial charge in [0.15, 0.2) is 0 Å². The van der Waals surface area contributed by atoms with Crippen molar-refractivity contribution in [1.82, 2.24) is 4.90 Å². The molecule has 0 bridgehead atoms. The Balaban J connectivity index is 2.05. The van der Waals surface area contributed by atoms with Gasteiger partial charge in [0.1, 0.15) is 0 Å². The summed E-state index contributed by atoms with van der Waals surface area (Å²) in [7, 11) is 0. The monoisotopic (exact) mass is 247 g/mol. The lowest BCUT2D eigenvalue weighted by Gasteiger charge is -2.26. The van der Waals surface area contributed by atoms with E-state index in [2.05, 4.69) is 17.0 Å². The van der Waals surface area contributed by atoms with E-state index in [0.717, 1.165) is 25.9 Å². The highest BCUT2D eigenvalue weighted by atomic mass is 16.1. The minimum absolute atomic E-state index is 0.109. The van der Waals surface area contributed by atoms with Gasteiger partial charge in [0.05, 0.1) is 6.04 Å². The highest BCUT2D eigenvalue weighted by molar-refractivity contribution is 5.80. The van der Waals surface area contributed by atoms with Gasteiger partial charge in [-0.2, -0.15) is 0 Å². The van der Waals surface area contributed by atoms with Crippen LogP contribution in [0.25, 0.3) is 0 Å². The number of hydrogen-bond acceptors (Lipinski definition) is 3. The van der Waals surface area contributed by atoms with Crippen LogP contribution in [0.3, 0.4) is 0 Å². The van der Waals surface area contributed by atoms with Gasteiger partial charge in [-0.25, -0.2) is 0 Å². The van der Waals surface area contributed by atoms with Crippen LogP contribution in [0.2, 0.25) is 0 Å². The number of hydrogen-bond donors (Lipinski definition) is 2. The van der Waals surface area contributed by atoms with Crippen molar-refractivity contribution in [1.29, 1.82) is 0 Å². The van der Waals surface area contributed by atoms with Crippen LogP contribution in [0.4, 0.5) is 0 Å². The zero-order valence-corrected chi connectivity index (χ0v) is 10.6. The normalized spacial score (nSPS) is 21.9. The molecule has 1 amide bonds. The van der Waals surface area contributed by atoms with Crippen molar-refractivity contribution in [2.24, 2.45) is 11.5 Å². The Kier molecular flexibility index (Phi) is 4.33. The molecular formula is C14H21N3O. The lowest BCUT2D eigenvalue weighted by molar-refractivity contribution is -0.122. The Morgan fingerprint density at radius 1 is 1.39 bits per heavy atom. The van der Waals surface area contributed by atoms with Gasteiger partial charge in [-0.3, -0.25) is 9.69 Å². The summed E-state index contributed by atoms with van der Waals surface area (Å²) < 4.78 is 0. The molecule has 4 heteroatoms. The molecule has 4 N–H and O–H groups in total. The molecule has 0 spiro atoms. The Hall–Kier alpha value is -1.39. The summed E-state index contributed by atoms with van der Waals surface area (Å²) in [4.78, 5) is 13.5. The number of likely N-dealkylation sites (tertiary alicyclic amines) is 1. The molecule has 2 atom stereocenters. The fourth-order valence-corrected chi connectivity index (χ4v) is 2.69. The van der Waals surface area contributed by atoms with E-state index >= 15 is 0 Å². The number of amides is 1. The van der Waals surface area contributed by atoms with Crippen LogP contribution in [-0.2, 0) is 4.79 Å². The van der Waals surface area contributed by atoms with Crippen molar-refractivity contribution < 1.29 is 4.79 Å². The first kappa shape index (κ1) is 13.1. The third kappa shape index (κ3) is 2.89. The fourth-order valence-electron chi connectivity index (χ4n) is 2.69. The first-order chi connectivity index (χ1) is 8.72. The molecule has 1 aromatic rings. The highest BCUT2D eigenvalue weighted by Gasteiger charge is 2.30. The van der Waals surface area contributed by atoms with Gasteiger partial charge in [-0.15, -0.1) is 0 Å². The van der Waals surface area contributed by atoms with Gasteiger partial charge in [0.25, 0.3) is 0 Å². The first-order valence-electron chi connectivity index (χ1n) is 6.50. The fraction of sp³-hybridized carbons (Fsp3) is 0.500. The van der Waals surface area contributed by atoms with Gasteiger partial charge >= 0.3 is 0 Å². The summed E-state index contributed by atoms with van der Waals surface area (Å²) in [6.07, 6.45) is 1.92. The van der Waals surface area contributed by atoms with Gasteiger partial charge < -0.3 is 11.5 Å². The SMILES string of the molecule is NCC(CN1CCCC1C(N)=O)c1ccccc1. The third-order valence-corrected chi connectivity index (χ3v) is 3.70. The Labute approximate surface area is 108 Å². The molecule has 1 aromatic carbocycles. The van der Waals surface area contributed by atoms with E-state index in [1.54, 1.807) is 0 Å². The third-order valence-electron chi connectivity index (χ3n) is 3.70. The molecule has 1 heterocycles. The largest absolute Gasteiger partial charge is 0.368 e. The molecule has 0 radical (unpaired) electrons. The lowest BCUT2D eigenvalue weighted by atomic mass is 9.98. The summed E-state index contributed by atoms with van der Waals surface area (Å²) in [6, 6.07) is 10.1. The molecule has 2 unspecified atom stereocenters. The van der Waals surface area contributed by atoms with E-state index in [4.69, 9.17) is 11.5 Å². The minimum Gasteiger partial charge on any atom is -0.368 e. The second-order valence-electron chi connectivity index (χ2n) is 4.90. The van der Waals surface area contributed by atoms with Gasteiger partial charge in [-0.05, 0) is 24.9 Å². The highest BCUT2D eigenvalue weighted by Crippen LogP contribution is 2.22. The molecule has 1 aliphatic heterocycles. The number of carbonyl (C=O) groups is 1. The number of rotatable bonds is 5. The molecule has 0 saturated carbocycles. The van der Waals surface area contributed by atoms with E-state index in [9.17, 15) is 4.79 Å². The van der Waals surface area contributed by atoms with Crippen molar-refractivity contribution in [3.05, 3.63) is 35.9 Å². The second-order valence-corrected chi connectivity index (χ2v) is 4.90. The molecule has 4 nitrogen and oxygen atoms in total. The number of benzene rings is 1. The topological polar surface area (TPSA) is 72.3 Å². The smallest absolute Gasteiger partial charge is 0.234 e. The van der Waals surface area contributed by atoms with Gasteiger partial charge in [0.2, 0.25) is 5.91 Å². The predicted octanol–water partition coefficient (Wildman–Crippen LogP) is 0.679. The summed E-state index contributed by atoms with van der Waals surface area (Å²) >= 11 is 0. The predicted molar refractivity (Wildman–Crippen MR) is 72.0 cm³/mol. The van der Waals surface area contributed by atoms with E-state index in [-0.39, 0.29) is 17.9 Å². The Bertz CT molecular complexity index is 393. The average molecular weight is 247 g/mol. The van der Waals surface area contributed by atoms with Crippen LogP contribution >= 0.6 is 0 Å². The molecule has 0 aliphatic carbocycles. The summed E-state index contributed by atoms with van der Waals surface area (Å²) in [5.41, 5.74) is 12.5.